The van der Waals surface area contributed by atoms with Gasteiger partial charge in [0.15, 0.2) is 0 Å². The van der Waals surface area contributed by atoms with Gasteiger partial charge in [-0.05, 0) is 34.5 Å². The van der Waals surface area contributed by atoms with E-state index in [1.807, 2.05) is 43.3 Å². The van der Waals surface area contributed by atoms with E-state index in [1.165, 1.54) is 0 Å². The zero-order chi connectivity index (χ0) is 12.3. The molecule has 4 heteroatoms. The van der Waals surface area contributed by atoms with Gasteiger partial charge in [-0.1, -0.05) is 30.3 Å². The first kappa shape index (κ1) is 11.9. The number of rotatable bonds is 3. The summed E-state index contributed by atoms with van der Waals surface area (Å²) in [6, 6.07) is 11.8. The zero-order valence-corrected chi connectivity index (χ0v) is 11.1. The van der Waals surface area contributed by atoms with Gasteiger partial charge in [-0.25, -0.2) is 4.98 Å². The van der Waals surface area contributed by atoms with Crippen molar-refractivity contribution in [3.05, 3.63) is 52.1 Å². The van der Waals surface area contributed by atoms with Crippen LogP contribution in [-0.2, 0) is 6.61 Å². The number of aryl methyl sites for hydroxylation is 1. The fourth-order valence-corrected chi connectivity index (χ4v) is 1.74. The van der Waals surface area contributed by atoms with E-state index >= 15 is 0 Å². The molecule has 2 rings (SSSR count). The number of benzene rings is 1. The van der Waals surface area contributed by atoms with E-state index < -0.39 is 0 Å². The van der Waals surface area contributed by atoms with Gasteiger partial charge in [-0.3, -0.25) is 0 Å². The number of pyridine rings is 1. The van der Waals surface area contributed by atoms with Gasteiger partial charge < -0.3 is 10.5 Å². The molecule has 17 heavy (non-hydrogen) atoms. The van der Waals surface area contributed by atoms with E-state index in [4.69, 9.17) is 10.5 Å². The van der Waals surface area contributed by atoms with Crippen molar-refractivity contribution in [2.45, 2.75) is 13.5 Å². The molecule has 0 aliphatic carbocycles. The average molecular weight is 293 g/mol. The van der Waals surface area contributed by atoms with Crippen molar-refractivity contribution in [1.82, 2.24) is 4.98 Å². The molecule has 88 valence electrons. The molecule has 0 bridgehead atoms. The monoisotopic (exact) mass is 292 g/mol. The molecule has 0 saturated heterocycles. The Morgan fingerprint density at radius 2 is 2.00 bits per heavy atom. The molecular weight excluding hydrogens is 280 g/mol. The van der Waals surface area contributed by atoms with Crippen molar-refractivity contribution >= 4 is 21.6 Å². The zero-order valence-electron chi connectivity index (χ0n) is 9.48. The summed E-state index contributed by atoms with van der Waals surface area (Å²) in [5, 5.41) is 0. The van der Waals surface area contributed by atoms with E-state index in [0.717, 1.165) is 11.1 Å². The predicted octanol–water partition coefficient (Wildman–Crippen LogP) is 3.31. The number of ether oxygens (including phenoxy) is 1. The molecule has 1 heterocycles. The second-order valence-corrected chi connectivity index (χ2v) is 4.52. The van der Waals surface area contributed by atoms with Crippen molar-refractivity contribution in [2.75, 3.05) is 5.73 Å². The quantitative estimate of drug-likeness (QED) is 0.883. The van der Waals surface area contributed by atoms with Crippen LogP contribution >= 0.6 is 15.9 Å². The van der Waals surface area contributed by atoms with Crippen LogP contribution < -0.4 is 10.5 Å². The summed E-state index contributed by atoms with van der Waals surface area (Å²) in [7, 11) is 0. The predicted molar refractivity (Wildman–Crippen MR) is 71.9 cm³/mol. The van der Waals surface area contributed by atoms with Crippen molar-refractivity contribution in [3.63, 3.8) is 0 Å². The molecular formula is C13H13BrN2O. The van der Waals surface area contributed by atoms with Gasteiger partial charge in [0, 0.05) is 5.56 Å². The average Bonchev–Trinajstić information content (AvgIpc) is 2.33. The number of nitrogen functional groups attached to an aromatic ring is 1. The van der Waals surface area contributed by atoms with Crippen LogP contribution in [0.2, 0.25) is 0 Å². The van der Waals surface area contributed by atoms with E-state index in [2.05, 4.69) is 20.9 Å². The molecule has 1 aromatic carbocycles. The number of aromatic nitrogens is 1. The van der Waals surface area contributed by atoms with Gasteiger partial charge in [0.25, 0.3) is 0 Å². The standard InChI is InChI=1S/C13H13BrN2O/c1-9-7-11(15)12(14)16-13(9)17-8-10-5-3-2-4-6-10/h2-7H,8,15H2,1H3. The molecule has 3 nitrogen and oxygen atoms in total. The van der Waals surface area contributed by atoms with Crippen molar-refractivity contribution in [1.29, 1.82) is 0 Å². The second-order valence-electron chi connectivity index (χ2n) is 3.76. The van der Waals surface area contributed by atoms with Gasteiger partial charge in [0.05, 0.1) is 5.69 Å². The molecule has 0 spiro atoms. The summed E-state index contributed by atoms with van der Waals surface area (Å²) < 4.78 is 6.28. The maximum atomic E-state index is 5.73. The van der Waals surface area contributed by atoms with Crippen LogP contribution in [0.15, 0.2) is 41.0 Å². The maximum Gasteiger partial charge on any atom is 0.217 e. The largest absolute Gasteiger partial charge is 0.473 e. The van der Waals surface area contributed by atoms with Gasteiger partial charge in [0.1, 0.15) is 11.2 Å². The number of nitrogens with zero attached hydrogens (tertiary/aromatic N) is 1. The lowest BCUT2D eigenvalue weighted by Gasteiger charge is -2.09. The fourth-order valence-electron chi connectivity index (χ4n) is 1.47. The highest BCUT2D eigenvalue weighted by molar-refractivity contribution is 9.10. The fraction of sp³-hybridized carbons (Fsp3) is 0.154. The lowest BCUT2D eigenvalue weighted by molar-refractivity contribution is 0.291. The Labute approximate surface area is 109 Å². The van der Waals surface area contributed by atoms with Gasteiger partial charge in [0.2, 0.25) is 5.88 Å². The summed E-state index contributed by atoms with van der Waals surface area (Å²) in [5.41, 5.74) is 8.40. The topological polar surface area (TPSA) is 48.1 Å². The summed E-state index contributed by atoms with van der Waals surface area (Å²) >= 11 is 3.29. The van der Waals surface area contributed by atoms with Crippen LogP contribution in [0.25, 0.3) is 0 Å². The number of hydrogen-bond acceptors (Lipinski definition) is 3. The number of nitrogens with two attached hydrogens (primary N) is 1. The van der Waals surface area contributed by atoms with Crippen LogP contribution in [0, 0.1) is 6.92 Å². The number of anilines is 1. The van der Waals surface area contributed by atoms with E-state index in [1.54, 1.807) is 0 Å². The highest BCUT2D eigenvalue weighted by atomic mass is 79.9. The van der Waals surface area contributed by atoms with E-state index in [-0.39, 0.29) is 0 Å². The normalized spacial score (nSPS) is 10.2. The molecule has 2 N–H and O–H groups in total. The number of hydrogen-bond donors (Lipinski definition) is 1. The summed E-state index contributed by atoms with van der Waals surface area (Å²) in [6.45, 7) is 2.43. The molecule has 0 radical (unpaired) electrons. The lowest BCUT2D eigenvalue weighted by Crippen LogP contribution is -2.01. The van der Waals surface area contributed by atoms with Crippen molar-refractivity contribution in [3.8, 4) is 5.88 Å². The van der Waals surface area contributed by atoms with Crippen LogP contribution in [0.4, 0.5) is 5.69 Å². The van der Waals surface area contributed by atoms with Crippen LogP contribution in [-0.4, -0.2) is 4.98 Å². The van der Waals surface area contributed by atoms with E-state index in [9.17, 15) is 0 Å². The van der Waals surface area contributed by atoms with Gasteiger partial charge in [-0.15, -0.1) is 0 Å². The third-order valence-corrected chi connectivity index (χ3v) is 3.00. The molecule has 0 aliphatic rings. The van der Waals surface area contributed by atoms with Crippen molar-refractivity contribution < 1.29 is 4.74 Å². The maximum absolute atomic E-state index is 5.73. The Morgan fingerprint density at radius 1 is 1.29 bits per heavy atom. The summed E-state index contributed by atoms with van der Waals surface area (Å²) in [5.74, 6) is 0.606. The molecule has 2 aromatic rings. The van der Waals surface area contributed by atoms with Gasteiger partial charge in [-0.2, -0.15) is 0 Å². The lowest BCUT2D eigenvalue weighted by atomic mass is 10.2. The summed E-state index contributed by atoms with van der Waals surface area (Å²) in [6.07, 6.45) is 0. The minimum Gasteiger partial charge on any atom is -0.473 e. The van der Waals surface area contributed by atoms with Crippen LogP contribution in [0.3, 0.4) is 0 Å². The third-order valence-electron chi connectivity index (χ3n) is 2.37. The molecule has 0 atom stereocenters. The smallest absolute Gasteiger partial charge is 0.217 e. The highest BCUT2D eigenvalue weighted by Gasteiger charge is 2.06. The summed E-state index contributed by atoms with van der Waals surface area (Å²) in [4.78, 5) is 4.26. The van der Waals surface area contributed by atoms with E-state index in [0.29, 0.717) is 22.8 Å². The highest BCUT2D eigenvalue weighted by Crippen LogP contribution is 2.25. The minimum atomic E-state index is 0.505. The van der Waals surface area contributed by atoms with Crippen LogP contribution in [0.5, 0.6) is 5.88 Å². The Balaban J connectivity index is 2.12. The third kappa shape index (κ3) is 2.97. The molecule has 0 saturated carbocycles. The first-order valence-corrected chi connectivity index (χ1v) is 6.05. The van der Waals surface area contributed by atoms with Gasteiger partial charge >= 0.3 is 0 Å². The SMILES string of the molecule is Cc1cc(N)c(Br)nc1OCc1ccccc1. The van der Waals surface area contributed by atoms with Crippen LogP contribution in [0.1, 0.15) is 11.1 Å². The molecule has 1 aromatic heterocycles. The van der Waals surface area contributed by atoms with Crippen molar-refractivity contribution in [2.24, 2.45) is 0 Å². The molecule has 0 amide bonds. The molecule has 0 fully saturated rings. The Kier molecular flexibility index (Phi) is 3.64. The molecule has 0 aliphatic heterocycles. The number of halogens is 1. The molecule has 0 unspecified atom stereocenters. The first-order valence-electron chi connectivity index (χ1n) is 5.26. The Hall–Kier alpha value is -1.55. The Bertz CT molecular complexity index is 514. The second kappa shape index (κ2) is 5.19. The minimum absolute atomic E-state index is 0.505. The first-order chi connectivity index (χ1) is 8.16. The Morgan fingerprint density at radius 3 is 2.71 bits per heavy atom.